The summed E-state index contributed by atoms with van der Waals surface area (Å²) in [5.41, 5.74) is 12.1. The second-order valence-electron chi connectivity index (χ2n) is 5.31. The van der Waals surface area contributed by atoms with Crippen LogP contribution in [0.25, 0.3) is 22.0 Å². The minimum atomic E-state index is 0.823. The molecule has 2 aromatic carbocycles. The molecule has 1 aliphatic rings. The van der Waals surface area contributed by atoms with Crippen LogP contribution in [-0.4, -0.2) is 4.57 Å². The molecule has 0 atom stereocenters. The maximum atomic E-state index is 5.89. The number of aryl methyl sites for hydroxylation is 2. The van der Waals surface area contributed by atoms with Crippen LogP contribution in [0.2, 0.25) is 0 Å². The number of hydrogen-bond donors (Lipinski definition) is 1. The molecule has 3 aromatic rings. The first-order valence-electron chi connectivity index (χ1n) is 6.79. The van der Waals surface area contributed by atoms with Gasteiger partial charge in [-0.2, -0.15) is 0 Å². The molecule has 0 bridgehead atoms. The third kappa shape index (κ3) is 1.64. The molecular formula is C17H16N2. The van der Waals surface area contributed by atoms with Gasteiger partial charge >= 0.3 is 0 Å². The molecule has 19 heavy (non-hydrogen) atoms. The maximum Gasteiger partial charge on any atom is 0.0513 e. The third-order valence-corrected chi connectivity index (χ3v) is 4.00. The van der Waals surface area contributed by atoms with Gasteiger partial charge in [-0.25, -0.2) is 0 Å². The van der Waals surface area contributed by atoms with E-state index in [4.69, 9.17) is 5.73 Å². The average Bonchev–Trinajstić information content (AvgIpc) is 2.84. The van der Waals surface area contributed by atoms with E-state index in [9.17, 15) is 0 Å². The summed E-state index contributed by atoms with van der Waals surface area (Å²) >= 11 is 0. The van der Waals surface area contributed by atoms with E-state index in [2.05, 4.69) is 35.0 Å². The van der Waals surface area contributed by atoms with Crippen molar-refractivity contribution in [2.75, 3.05) is 5.73 Å². The Bertz CT molecular complexity index is 768. The van der Waals surface area contributed by atoms with Gasteiger partial charge in [0.2, 0.25) is 0 Å². The Balaban J connectivity index is 1.97. The number of hydrogen-bond acceptors (Lipinski definition) is 1. The summed E-state index contributed by atoms with van der Waals surface area (Å²) in [7, 11) is 0. The van der Waals surface area contributed by atoms with E-state index in [-0.39, 0.29) is 0 Å². The zero-order chi connectivity index (χ0) is 12.8. The van der Waals surface area contributed by atoms with Crippen LogP contribution in [-0.2, 0) is 13.0 Å². The van der Waals surface area contributed by atoms with Crippen molar-refractivity contribution in [2.24, 2.45) is 0 Å². The van der Waals surface area contributed by atoms with Crippen LogP contribution < -0.4 is 5.73 Å². The molecule has 1 aromatic heterocycles. The van der Waals surface area contributed by atoms with Gasteiger partial charge in [0.25, 0.3) is 0 Å². The van der Waals surface area contributed by atoms with Gasteiger partial charge in [0.05, 0.1) is 5.52 Å². The Labute approximate surface area is 112 Å². The normalized spacial score (nSPS) is 13.9. The third-order valence-electron chi connectivity index (χ3n) is 4.00. The number of nitrogens with zero attached hydrogens (tertiary/aromatic N) is 1. The summed E-state index contributed by atoms with van der Waals surface area (Å²) in [4.78, 5) is 0. The number of rotatable bonds is 1. The lowest BCUT2D eigenvalue weighted by molar-refractivity contribution is 0.636. The molecule has 2 nitrogen and oxygen atoms in total. The molecular weight excluding hydrogens is 232 g/mol. The molecule has 0 amide bonds. The Morgan fingerprint density at radius 1 is 1.00 bits per heavy atom. The van der Waals surface area contributed by atoms with E-state index < -0.39 is 0 Å². The van der Waals surface area contributed by atoms with Gasteiger partial charge in [-0.1, -0.05) is 12.1 Å². The Morgan fingerprint density at radius 2 is 1.95 bits per heavy atom. The van der Waals surface area contributed by atoms with E-state index in [1.807, 2.05) is 18.2 Å². The van der Waals surface area contributed by atoms with Crippen LogP contribution in [0.1, 0.15) is 12.0 Å². The SMILES string of the molecule is Nc1cccc(-c2cc3c4c(ccn4CCC3)c2)c1. The van der Waals surface area contributed by atoms with E-state index in [1.165, 1.54) is 40.4 Å². The van der Waals surface area contributed by atoms with Crippen LogP contribution in [0.4, 0.5) is 5.69 Å². The van der Waals surface area contributed by atoms with E-state index >= 15 is 0 Å². The molecule has 0 fully saturated rings. The summed E-state index contributed by atoms with van der Waals surface area (Å²) in [6, 6.07) is 15.0. The van der Waals surface area contributed by atoms with Crippen LogP contribution in [0, 0.1) is 0 Å². The summed E-state index contributed by atoms with van der Waals surface area (Å²) in [5, 5.41) is 1.34. The quantitative estimate of drug-likeness (QED) is 0.652. The molecule has 2 heterocycles. The number of benzene rings is 2. The van der Waals surface area contributed by atoms with E-state index in [0.29, 0.717) is 0 Å². The first-order valence-corrected chi connectivity index (χ1v) is 6.79. The largest absolute Gasteiger partial charge is 0.399 e. The van der Waals surface area contributed by atoms with Crippen molar-refractivity contribution < 1.29 is 0 Å². The molecule has 0 saturated heterocycles. The molecule has 2 N–H and O–H groups in total. The van der Waals surface area contributed by atoms with Gasteiger partial charge in [-0.15, -0.1) is 0 Å². The van der Waals surface area contributed by atoms with Gasteiger partial charge in [-0.05, 0) is 59.9 Å². The lowest BCUT2D eigenvalue weighted by Crippen LogP contribution is -2.06. The monoisotopic (exact) mass is 248 g/mol. The Kier molecular flexibility index (Phi) is 2.18. The van der Waals surface area contributed by atoms with E-state index in [0.717, 1.165) is 12.2 Å². The van der Waals surface area contributed by atoms with Gasteiger partial charge in [-0.3, -0.25) is 0 Å². The molecule has 0 unspecified atom stereocenters. The summed E-state index contributed by atoms with van der Waals surface area (Å²) < 4.78 is 2.37. The predicted octanol–water partition coefficient (Wildman–Crippen LogP) is 3.84. The lowest BCUT2D eigenvalue weighted by Gasteiger charge is -2.17. The van der Waals surface area contributed by atoms with Crippen molar-refractivity contribution in [2.45, 2.75) is 19.4 Å². The van der Waals surface area contributed by atoms with Crippen LogP contribution in [0.3, 0.4) is 0 Å². The standard InChI is InChI=1S/C17H16N2/c18-16-5-1-3-12(11-16)15-9-13-4-2-7-19-8-6-14(10-15)17(13)19/h1,3,5-6,8-11H,2,4,7,18H2. The van der Waals surface area contributed by atoms with Crippen LogP contribution in [0.15, 0.2) is 48.7 Å². The van der Waals surface area contributed by atoms with Crippen molar-refractivity contribution in [3.8, 4) is 11.1 Å². The maximum absolute atomic E-state index is 5.89. The zero-order valence-corrected chi connectivity index (χ0v) is 10.8. The van der Waals surface area contributed by atoms with Gasteiger partial charge in [0.1, 0.15) is 0 Å². The van der Waals surface area contributed by atoms with Crippen LogP contribution >= 0.6 is 0 Å². The Hall–Kier alpha value is -2.22. The topological polar surface area (TPSA) is 30.9 Å². The molecule has 0 aliphatic carbocycles. The highest BCUT2D eigenvalue weighted by molar-refractivity contribution is 5.89. The second kappa shape index (κ2) is 3.89. The van der Waals surface area contributed by atoms with Gasteiger partial charge < -0.3 is 10.3 Å². The summed E-state index contributed by atoms with van der Waals surface area (Å²) in [6.45, 7) is 1.15. The summed E-state index contributed by atoms with van der Waals surface area (Å²) in [5.74, 6) is 0. The van der Waals surface area contributed by atoms with Crippen molar-refractivity contribution >= 4 is 16.6 Å². The molecule has 1 aliphatic heterocycles. The van der Waals surface area contributed by atoms with Crippen molar-refractivity contribution in [3.63, 3.8) is 0 Å². The Morgan fingerprint density at radius 3 is 2.84 bits per heavy atom. The lowest BCUT2D eigenvalue weighted by atomic mass is 9.96. The first kappa shape index (κ1) is 10.7. The molecule has 0 radical (unpaired) electrons. The number of anilines is 1. The van der Waals surface area contributed by atoms with Crippen LogP contribution in [0.5, 0.6) is 0 Å². The fourth-order valence-electron chi connectivity index (χ4n) is 3.14. The number of aromatic nitrogens is 1. The molecule has 4 rings (SSSR count). The highest BCUT2D eigenvalue weighted by Gasteiger charge is 2.13. The van der Waals surface area contributed by atoms with Crippen molar-refractivity contribution in [3.05, 3.63) is 54.2 Å². The van der Waals surface area contributed by atoms with Gasteiger partial charge in [0, 0.05) is 23.8 Å². The molecule has 0 spiro atoms. The summed E-state index contributed by atoms with van der Waals surface area (Å²) in [6.07, 6.45) is 4.62. The minimum absolute atomic E-state index is 0.823. The average molecular weight is 248 g/mol. The van der Waals surface area contributed by atoms with Crippen molar-refractivity contribution in [1.82, 2.24) is 4.57 Å². The fraction of sp³-hybridized carbons (Fsp3) is 0.176. The van der Waals surface area contributed by atoms with Crippen molar-refractivity contribution in [1.29, 1.82) is 0 Å². The predicted molar refractivity (Wildman–Crippen MR) is 80.1 cm³/mol. The molecule has 0 saturated carbocycles. The zero-order valence-electron chi connectivity index (χ0n) is 10.8. The highest BCUT2D eigenvalue weighted by atomic mass is 15.0. The smallest absolute Gasteiger partial charge is 0.0513 e. The molecule has 94 valence electrons. The highest BCUT2D eigenvalue weighted by Crippen LogP contribution is 2.32. The van der Waals surface area contributed by atoms with E-state index in [1.54, 1.807) is 0 Å². The second-order valence-corrected chi connectivity index (χ2v) is 5.31. The van der Waals surface area contributed by atoms with Gasteiger partial charge in [0.15, 0.2) is 0 Å². The number of nitrogen functional groups attached to an aromatic ring is 1. The first-order chi connectivity index (χ1) is 9.31. The molecule has 2 heteroatoms. The fourth-order valence-corrected chi connectivity index (χ4v) is 3.14. The number of nitrogens with two attached hydrogens (primary N) is 1. The minimum Gasteiger partial charge on any atom is -0.399 e.